The normalized spacial score (nSPS) is 11.7. The Bertz CT molecular complexity index is 4330. The van der Waals surface area contributed by atoms with Crippen molar-refractivity contribution in [2.24, 2.45) is 0 Å². The molecule has 15 aromatic rings. The summed E-state index contributed by atoms with van der Waals surface area (Å²) in [6.07, 6.45) is 11.4. The number of aromatic nitrogens is 4. The van der Waals surface area contributed by atoms with Crippen molar-refractivity contribution in [3.8, 4) is 0 Å². The van der Waals surface area contributed by atoms with E-state index in [1.54, 1.807) is 22.7 Å². The van der Waals surface area contributed by atoms with Gasteiger partial charge in [0.05, 0.1) is 0 Å². The highest BCUT2D eigenvalue weighted by molar-refractivity contribution is 7.27. The van der Waals surface area contributed by atoms with Crippen LogP contribution in [0.15, 0.2) is 189 Å². The summed E-state index contributed by atoms with van der Waals surface area (Å²) in [5.41, 5.74) is 7.07. The van der Waals surface area contributed by atoms with E-state index in [1.165, 1.54) is 119 Å². The molecule has 0 spiro atoms. The minimum atomic E-state index is 0.557. The fourth-order valence-corrected chi connectivity index (χ4v) is 15.8. The van der Waals surface area contributed by atoms with Gasteiger partial charge in [0.2, 0.25) is 0 Å². The van der Waals surface area contributed by atoms with E-state index in [1.807, 2.05) is 83.3 Å². The predicted molar refractivity (Wildman–Crippen MR) is 358 cm³/mol. The number of hydrogen-bond donors (Lipinski definition) is 0. The van der Waals surface area contributed by atoms with Crippen molar-refractivity contribution in [2.75, 3.05) is 0 Å². The second-order valence-corrected chi connectivity index (χ2v) is 27.3. The smallest absolute Gasteiger partial charge is 0.124 e. The van der Waals surface area contributed by atoms with E-state index in [0.29, 0.717) is 29.6 Å². The lowest BCUT2D eigenvalue weighted by Crippen LogP contribution is -1.87. The molecule has 15 rings (SSSR count). The van der Waals surface area contributed by atoms with E-state index in [9.17, 15) is 0 Å². The van der Waals surface area contributed by atoms with Crippen LogP contribution in [0.5, 0.6) is 0 Å². The molecule has 0 N–H and O–H groups in total. The molecule has 0 saturated heterocycles. The van der Waals surface area contributed by atoms with Gasteiger partial charge < -0.3 is 0 Å². The number of fused-ring (bicyclic) bond motifs is 15. The maximum absolute atomic E-state index is 4.41. The van der Waals surface area contributed by atoms with Crippen LogP contribution in [0.2, 0.25) is 0 Å². The number of rotatable bonds is 5. The molecular weight excluding hydrogens is 1070 g/mol. The third kappa shape index (κ3) is 11.5. The van der Waals surface area contributed by atoms with E-state index >= 15 is 0 Å². The summed E-state index contributed by atoms with van der Waals surface area (Å²) in [6.45, 7) is 22.4. The fourth-order valence-electron chi connectivity index (χ4n) is 10.3. The summed E-state index contributed by atoms with van der Waals surface area (Å²) in [7, 11) is 0. The van der Waals surface area contributed by atoms with Gasteiger partial charge >= 0.3 is 0 Å². The lowest BCUT2D eigenvalue weighted by Gasteiger charge is -2.07. The third-order valence-corrected chi connectivity index (χ3v) is 20.4. The lowest BCUT2D eigenvalue weighted by atomic mass is 9.98. The Morgan fingerprint density at radius 3 is 1.27 bits per heavy atom. The van der Waals surface area contributed by atoms with Gasteiger partial charge in [-0.1, -0.05) is 142 Å². The van der Waals surface area contributed by atoms with E-state index in [2.05, 4.69) is 229 Å². The minimum absolute atomic E-state index is 0.557. The molecule has 80 heavy (non-hydrogen) atoms. The average molecular weight is 1140 g/mol. The number of nitrogens with zero attached hydrogens (tertiary/aromatic N) is 4. The second kappa shape index (κ2) is 24.0. The summed E-state index contributed by atoms with van der Waals surface area (Å²) >= 11 is 9.15. The Hall–Kier alpha value is -6.98. The van der Waals surface area contributed by atoms with Crippen molar-refractivity contribution >= 4 is 158 Å². The van der Waals surface area contributed by atoms with Crippen LogP contribution in [0.25, 0.3) is 101 Å². The molecule has 0 aliphatic heterocycles. The van der Waals surface area contributed by atoms with Crippen LogP contribution in [0, 0.1) is 0 Å². The van der Waals surface area contributed by atoms with Gasteiger partial charge in [-0.3, -0.25) is 9.97 Å². The highest BCUT2D eigenvalue weighted by Crippen LogP contribution is 2.40. The molecule has 0 aliphatic carbocycles. The summed E-state index contributed by atoms with van der Waals surface area (Å²) in [5, 5.41) is 13.3. The first-order valence-electron chi connectivity index (χ1n) is 27.8. The van der Waals surface area contributed by atoms with Crippen molar-refractivity contribution in [3.63, 3.8) is 0 Å². The Balaban J connectivity index is 0.000000105. The highest BCUT2D eigenvalue weighted by atomic mass is 32.1. The molecule has 400 valence electrons. The first kappa shape index (κ1) is 55.0. The molecule has 0 saturated carbocycles. The van der Waals surface area contributed by atoms with Gasteiger partial charge in [-0.15, -0.1) is 56.7 Å². The van der Waals surface area contributed by atoms with Gasteiger partial charge in [0.15, 0.2) is 0 Å². The molecular formula is C71H66N4S5. The number of hydrogen-bond acceptors (Lipinski definition) is 9. The van der Waals surface area contributed by atoms with E-state index < -0.39 is 0 Å². The van der Waals surface area contributed by atoms with Gasteiger partial charge in [0.1, 0.15) is 9.66 Å². The molecule has 9 aromatic heterocycles. The van der Waals surface area contributed by atoms with E-state index in [-0.39, 0.29) is 0 Å². The minimum Gasteiger partial charge on any atom is -0.264 e. The largest absolute Gasteiger partial charge is 0.264 e. The summed E-state index contributed by atoms with van der Waals surface area (Å²) in [4.78, 5) is 19.5. The quantitative estimate of drug-likeness (QED) is 0.172. The third-order valence-electron chi connectivity index (χ3n) is 14.9. The molecule has 4 nitrogen and oxygen atoms in total. The van der Waals surface area contributed by atoms with Crippen molar-refractivity contribution in [3.05, 3.63) is 217 Å². The topological polar surface area (TPSA) is 51.6 Å². The van der Waals surface area contributed by atoms with E-state index in [0.717, 1.165) is 9.66 Å². The maximum atomic E-state index is 4.41. The average Bonchev–Trinajstić information content (AvgIpc) is 4.32. The van der Waals surface area contributed by atoms with Crippen LogP contribution in [0.4, 0.5) is 0 Å². The van der Waals surface area contributed by atoms with E-state index in [4.69, 9.17) is 0 Å². The van der Waals surface area contributed by atoms with Crippen LogP contribution < -0.4 is 0 Å². The molecule has 0 atom stereocenters. The second-order valence-electron chi connectivity index (χ2n) is 22.0. The van der Waals surface area contributed by atoms with Crippen molar-refractivity contribution in [2.45, 2.75) is 98.8 Å². The Labute approximate surface area is 489 Å². The maximum Gasteiger partial charge on any atom is 0.124 e. The first-order valence-corrected chi connectivity index (χ1v) is 31.8. The number of thiophene rings is 5. The van der Waals surface area contributed by atoms with Gasteiger partial charge in [0.25, 0.3) is 0 Å². The van der Waals surface area contributed by atoms with Crippen LogP contribution >= 0.6 is 56.7 Å². The standard InChI is InChI=1S/C15H14S.4C14H13NS/c1-10(2)11-7-8-13-12-5-3-4-6-14(12)16-15(13)9-11;1-9(2)10-3-4-11-12-8-15-6-5-13(12)16-14(11)7-10;1-9(2)10-5-6-11-12-4-3-7-15-14(12)16-13(11)8-10;1-9(2)10-5-6-13-12(8-10)11-4-3-7-15-14(11)16-13;1-9(2)10-4-3-5-13-14(10)11-8-15-7-6-12(11)16-13/h3-10H,1-2H3;4*3-9H,1-2H3. The van der Waals surface area contributed by atoms with Gasteiger partial charge in [-0.25, -0.2) is 9.97 Å². The summed E-state index contributed by atoms with van der Waals surface area (Å²) < 4.78 is 10.9. The lowest BCUT2D eigenvalue weighted by molar-refractivity contribution is 0.869. The number of pyridine rings is 4. The first-order chi connectivity index (χ1) is 38.8. The van der Waals surface area contributed by atoms with Gasteiger partial charge in [0, 0.05) is 129 Å². The molecule has 0 unspecified atom stereocenters. The van der Waals surface area contributed by atoms with Crippen molar-refractivity contribution < 1.29 is 0 Å². The zero-order valence-electron chi connectivity index (χ0n) is 47.1. The Kier molecular flexibility index (Phi) is 16.5. The van der Waals surface area contributed by atoms with Crippen molar-refractivity contribution in [1.29, 1.82) is 0 Å². The van der Waals surface area contributed by atoms with Crippen molar-refractivity contribution in [1.82, 2.24) is 19.9 Å². The highest BCUT2D eigenvalue weighted by Gasteiger charge is 2.13. The summed E-state index contributed by atoms with van der Waals surface area (Å²) in [5.74, 6) is 2.92. The molecule has 6 aromatic carbocycles. The fraction of sp³-hybridized carbons (Fsp3) is 0.211. The molecule has 0 aliphatic rings. The van der Waals surface area contributed by atoms with Gasteiger partial charge in [-0.05, 0) is 136 Å². The molecule has 0 bridgehead atoms. The van der Waals surface area contributed by atoms with Crippen LogP contribution in [0.3, 0.4) is 0 Å². The van der Waals surface area contributed by atoms with Crippen LogP contribution in [-0.2, 0) is 0 Å². The Morgan fingerprint density at radius 2 is 0.688 bits per heavy atom. The molecule has 0 fully saturated rings. The Morgan fingerprint density at radius 1 is 0.275 bits per heavy atom. The predicted octanol–water partition coefficient (Wildman–Crippen LogP) is 23.5. The molecule has 9 heteroatoms. The molecule has 0 radical (unpaired) electrons. The van der Waals surface area contributed by atoms with Crippen LogP contribution in [-0.4, -0.2) is 19.9 Å². The SMILES string of the molecule is CC(C)c1ccc2c(c1)sc1ccccc12.CC(C)c1ccc2c(c1)sc1ccncc12.CC(C)c1ccc2c(c1)sc1ncccc12.CC(C)c1ccc2sc3ncccc3c2c1.CC(C)c1cccc2sc3ccncc3c12. The summed E-state index contributed by atoms with van der Waals surface area (Å²) in [6, 6.07) is 54.9. The zero-order chi connectivity index (χ0) is 55.6. The zero-order valence-corrected chi connectivity index (χ0v) is 51.2. The molecule has 9 heterocycles. The monoisotopic (exact) mass is 1130 g/mol. The number of benzene rings is 6. The molecule has 0 amide bonds. The van der Waals surface area contributed by atoms with Crippen LogP contribution in [0.1, 0.15) is 127 Å². The van der Waals surface area contributed by atoms with Gasteiger partial charge in [-0.2, -0.15) is 0 Å².